The minimum absolute atomic E-state index is 0.109. The van der Waals surface area contributed by atoms with Gasteiger partial charge >= 0.3 is 12.2 Å². The average Bonchev–Trinajstić information content (AvgIpc) is 2.51. The maximum Gasteiger partial charge on any atom is 0.421 e. The summed E-state index contributed by atoms with van der Waals surface area (Å²) >= 11 is 0. The van der Waals surface area contributed by atoms with Crippen molar-refractivity contribution in [3.05, 3.63) is 36.0 Å². The number of nitrogens with zero attached hydrogens (tertiary/aromatic N) is 3. The van der Waals surface area contributed by atoms with Crippen LogP contribution in [0.5, 0.6) is 11.8 Å². The molecule has 2 rings (SSSR count). The molecule has 2 aromatic rings. The first kappa shape index (κ1) is 20.8. The van der Waals surface area contributed by atoms with Crippen LogP contribution in [0.3, 0.4) is 0 Å². The van der Waals surface area contributed by atoms with Crippen LogP contribution in [-0.4, -0.2) is 28.7 Å². The number of ether oxygens (including phenoxy) is 2. The highest BCUT2D eigenvalue weighted by molar-refractivity contribution is 5.64. The molecule has 8 heteroatoms. The highest BCUT2D eigenvalue weighted by Crippen LogP contribution is 2.38. The van der Waals surface area contributed by atoms with Gasteiger partial charge in [0.25, 0.3) is 0 Å². The number of halogens is 3. The molecule has 1 heterocycles. The molecular formula is C19H24F3N3O2. The molecule has 0 amide bonds. The molecule has 0 aliphatic carbocycles. The fourth-order valence-electron chi connectivity index (χ4n) is 2.31. The zero-order valence-corrected chi connectivity index (χ0v) is 16.3. The third-order valence-corrected chi connectivity index (χ3v) is 3.34. The van der Waals surface area contributed by atoms with Gasteiger partial charge in [-0.2, -0.15) is 18.2 Å². The van der Waals surface area contributed by atoms with Crippen molar-refractivity contribution < 1.29 is 22.6 Å². The second-order valence-corrected chi connectivity index (χ2v) is 7.33. The maximum absolute atomic E-state index is 13.4. The number of alkyl halides is 3. The molecule has 0 aliphatic rings. The Morgan fingerprint density at radius 1 is 1.11 bits per heavy atom. The van der Waals surface area contributed by atoms with Crippen molar-refractivity contribution in [3.8, 4) is 11.8 Å². The van der Waals surface area contributed by atoms with Crippen LogP contribution in [0.1, 0.15) is 40.2 Å². The lowest BCUT2D eigenvalue weighted by Gasteiger charge is -2.25. The minimum atomic E-state index is -4.60. The highest BCUT2D eigenvalue weighted by atomic mass is 19.4. The summed E-state index contributed by atoms with van der Waals surface area (Å²) in [5.41, 5.74) is -0.874. The van der Waals surface area contributed by atoms with Crippen molar-refractivity contribution in [2.75, 3.05) is 11.9 Å². The van der Waals surface area contributed by atoms with Crippen LogP contribution in [0.4, 0.5) is 24.7 Å². The van der Waals surface area contributed by atoms with E-state index in [1.165, 1.54) is 11.9 Å². The molecule has 0 atom stereocenters. The Hall–Kier alpha value is -2.51. The van der Waals surface area contributed by atoms with E-state index in [-0.39, 0.29) is 17.9 Å². The largest absolute Gasteiger partial charge is 0.488 e. The van der Waals surface area contributed by atoms with Gasteiger partial charge in [0.15, 0.2) is 5.82 Å². The van der Waals surface area contributed by atoms with Gasteiger partial charge in [-0.05, 0) is 46.8 Å². The Labute approximate surface area is 157 Å². The third-order valence-electron chi connectivity index (χ3n) is 3.34. The van der Waals surface area contributed by atoms with E-state index < -0.39 is 17.3 Å². The molecule has 0 unspecified atom stereocenters. The van der Waals surface area contributed by atoms with Crippen molar-refractivity contribution in [2.45, 2.75) is 52.5 Å². The molecule has 0 saturated heterocycles. The fraction of sp³-hybridized carbons (Fsp3) is 0.474. The third kappa shape index (κ3) is 5.74. The Morgan fingerprint density at radius 3 is 2.33 bits per heavy atom. The van der Waals surface area contributed by atoms with E-state index in [4.69, 9.17) is 9.47 Å². The monoisotopic (exact) mass is 383 g/mol. The zero-order chi connectivity index (χ0) is 20.4. The van der Waals surface area contributed by atoms with Crippen LogP contribution < -0.4 is 14.4 Å². The number of benzene rings is 1. The standard InChI is InChI=1S/C19H24F3N3O2/c1-12(2)26-17-23-11-15(19(20,21)22)16(24-17)25(6)13-8-7-9-14(10-13)27-18(3,4)5/h7-12H,1-6H3. The first-order valence-corrected chi connectivity index (χ1v) is 8.50. The highest BCUT2D eigenvalue weighted by Gasteiger charge is 2.37. The molecule has 0 N–H and O–H groups in total. The molecular weight excluding hydrogens is 359 g/mol. The van der Waals surface area contributed by atoms with E-state index in [1.54, 1.807) is 38.1 Å². The lowest BCUT2D eigenvalue weighted by atomic mass is 10.2. The fourth-order valence-corrected chi connectivity index (χ4v) is 2.31. The van der Waals surface area contributed by atoms with Crippen molar-refractivity contribution in [2.24, 2.45) is 0 Å². The summed E-state index contributed by atoms with van der Waals surface area (Å²) in [7, 11) is 1.51. The number of hydrogen-bond acceptors (Lipinski definition) is 5. The van der Waals surface area contributed by atoms with Gasteiger partial charge in [-0.3, -0.25) is 0 Å². The van der Waals surface area contributed by atoms with Crippen molar-refractivity contribution in [1.29, 1.82) is 0 Å². The first-order chi connectivity index (χ1) is 12.4. The number of rotatable bonds is 5. The molecule has 0 spiro atoms. The summed E-state index contributed by atoms with van der Waals surface area (Å²) in [6, 6.07) is 6.70. The quantitative estimate of drug-likeness (QED) is 0.708. The predicted octanol–water partition coefficient (Wildman–Crippen LogP) is 5.23. The zero-order valence-electron chi connectivity index (χ0n) is 16.3. The van der Waals surface area contributed by atoms with E-state index >= 15 is 0 Å². The topological polar surface area (TPSA) is 47.5 Å². The smallest absolute Gasteiger partial charge is 0.421 e. The number of aromatic nitrogens is 2. The van der Waals surface area contributed by atoms with Gasteiger partial charge in [0.2, 0.25) is 0 Å². The Bertz CT molecular complexity index is 786. The van der Waals surface area contributed by atoms with Gasteiger partial charge < -0.3 is 14.4 Å². The van der Waals surface area contributed by atoms with Gasteiger partial charge in [-0.15, -0.1) is 0 Å². The molecule has 0 aliphatic heterocycles. The van der Waals surface area contributed by atoms with Crippen LogP contribution >= 0.6 is 0 Å². The summed E-state index contributed by atoms with van der Waals surface area (Å²) in [6.07, 6.45) is -4.12. The van der Waals surface area contributed by atoms with Gasteiger partial charge in [-0.25, -0.2) is 4.98 Å². The molecule has 0 saturated carbocycles. The maximum atomic E-state index is 13.4. The van der Waals surface area contributed by atoms with Crippen molar-refractivity contribution in [3.63, 3.8) is 0 Å². The normalized spacial score (nSPS) is 12.2. The van der Waals surface area contributed by atoms with Crippen LogP contribution in [0, 0.1) is 0 Å². The summed E-state index contributed by atoms with van der Waals surface area (Å²) in [5.74, 6) is 0.258. The van der Waals surface area contributed by atoms with Gasteiger partial charge in [0.05, 0.1) is 6.10 Å². The summed E-state index contributed by atoms with van der Waals surface area (Å²) in [5, 5.41) is 0. The van der Waals surface area contributed by atoms with E-state index in [2.05, 4.69) is 9.97 Å². The molecule has 27 heavy (non-hydrogen) atoms. The SMILES string of the molecule is CC(C)Oc1ncc(C(F)(F)F)c(N(C)c2cccc(OC(C)(C)C)c2)n1. The average molecular weight is 383 g/mol. The second-order valence-electron chi connectivity index (χ2n) is 7.33. The van der Waals surface area contributed by atoms with Gasteiger partial charge in [0.1, 0.15) is 16.9 Å². The molecule has 0 fully saturated rings. The summed E-state index contributed by atoms with van der Waals surface area (Å²) < 4.78 is 51.5. The molecule has 1 aromatic carbocycles. The molecule has 0 bridgehead atoms. The van der Waals surface area contributed by atoms with E-state index in [1.807, 2.05) is 20.8 Å². The van der Waals surface area contributed by atoms with Crippen molar-refractivity contribution in [1.82, 2.24) is 9.97 Å². The van der Waals surface area contributed by atoms with Gasteiger partial charge in [0, 0.05) is 25.0 Å². The van der Waals surface area contributed by atoms with Crippen molar-refractivity contribution >= 4 is 11.5 Å². The summed E-state index contributed by atoms with van der Waals surface area (Å²) in [6.45, 7) is 9.18. The molecule has 5 nitrogen and oxygen atoms in total. The second kappa shape index (κ2) is 7.62. The van der Waals surface area contributed by atoms with E-state index in [0.29, 0.717) is 11.4 Å². The molecule has 0 radical (unpaired) electrons. The minimum Gasteiger partial charge on any atom is -0.488 e. The molecule has 1 aromatic heterocycles. The lowest BCUT2D eigenvalue weighted by molar-refractivity contribution is -0.137. The Morgan fingerprint density at radius 2 is 1.78 bits per heavy atom. The summed E-state index contributed by atoms with van der Waals surface area (Å²) in [4.78, 5) is 9.02. The van der Waals surface area contributed by atoms with Crippen LogP contribution in [-0.2, 0) is 6.18 Å². The van der Waals surface area contributed by atoms with Gasteiger partial charge in [-0.1, -0.05) is 6.07 Å². The molecule has 148 valence electrons. The van der Waals surface area contributed by atoms with E-state index in [9.17, 15) is 13.2 Å². The van der Waals surface area contributed by atoms with E-state index in [0.717, 1.165) is 6.20 Å². The van der Waals surface area contributed by atoms with Crippen LogP contribution in [0.2, 0.25) is 0 Å². The van der Waals surface area contributed by atoms with Crippen LogP contribution in [0.25, 0.3) is 0 Å². The lowest BCUT2D eigenvalue weighted by Crippen LogP contribution is -2.23. The first-order valence-electron chi connectivity index (χ1n) is 8.50. The Kier molecular flexibility index (Phi) is 5.87. The Balaban J connectivity index is 2.47. The number of hydrogen-bond donors (Lipinski definition) is 0. The number of anilines is 2. The van der Waals surface area contributed by atoms with Crippen LogP contribution in [0.15, 0.2) is 30.5 Å². The predicted molar refractivity (Wildman–Crippen MR) is 97.7 cm³/mol.